The minimum absolute atomic E-state index is 0.0227. The standard InChI is InChI=1S/C4H10N2O.C4H8N2/c1-4(7)6-3-2-5;1-4-5-2-3-6-4/h2-3,5H2,1H3,(H,6,7);2-3H2,1H3,(H,5,6). The highest BCUT2D eigenvalue weighted by Crippen LogP contribution is 1.79. The van der Waals surface area contributed by atoms with E-state index < -0.39 is 0 Å². The molecule has 1 amide bonds. The Hall–Kier alpha value is -1.10. The zero-order valence-electron chi connectivity index (χ0n) is 8.26. The molecule has 0 aromatic rings. The van der Waals surface area contributed by atoms with Crippen molar-refractivity contribution in [2.45, 2.75) is 13.8 Å². The Morgan fingerprint density at radius 1 is 1.77 bits per heavy atom. The summed E-state index contributed by atoms with van der Waals surface area (Å²) in [7, 11) is 0. The first kappa shape index (κ1) is 11.9. The van der Waals surface area contributed by atoms with Gasteiger partial charge in [0.05, 0.1) is 12.4 Å². The zero-order chi connectivity index (χ0) is 10.1. The molecule has 0 saturated heterocycles. The van der Waals surface area contributed by atoms with Crippen LogP contribution in [-0.4, -0.2) is 37.9 Å². The third kappa shape index (κ3) is 8.81. The van der Waals surface area contributed by atoms with Crippen LogP contribution in [0.5, 0.6) is 0 Å². The van der Waals surface area contributed by atoms with Gasteiger partial charge in [0.25, 0.3) is 0 Å². The number of nitrogens with one attached hydrogen (secondary N) is 2. The molecular weight excluding hydrogens is 168 g/mol. The lowest BCUT2D eigenvalue weighted by molar-refractivity contribution is -0.118. The number of carbonyl (C=O) groups is 1. The molecule has 0 aliphatic carbocycles. The monoisotopic (exact) mass is 186 g/mol. The van der Waals surface area contributed by atoms with Crippen molar-refractivity contribution in [1.29, 1.82) is 0 Å². The van der Waals surface area contributed by atoms with Crippen molar-refractivity contribution in [3.05, 3.63) is 0 Å². The van der Waals surface area contributed by atoms with Crippen LogP contribution in [0.2, 0.25) is 0 Å². The first-order chi connectivity index (χ1) is 6.16. The van der Waals surface area contributed by atoms with Gasteiger partial charge in [0.2, 0.25) is 5.91 Å². The summed E-state index contributed by atoms with van der Waals surface area (Å²) in [4.78, 5) is 14.1. The SMILES string of the molecule is CC(=O)NCCN.CC1=NCCN1. The number of aliphatic imine (C=N–C) groups is 1. The van der Waals surface area contributed by atoms with Crippen molar-refractivity contribution in [2.24, 2.45) is 10.7 Å². The molecule has 76 valence electrons. The zero-order valence-corrected chi connectivity index (χ0v) is 8.26. The molecule has 5 nitrogen and oxygen atoms in total. The summed E-state index contributed by atoms with van der Waals surface area (Å²) in [6, 6.07) is 0. The van der Waals surface area contributed by atoms with E-state index >= 15 is 0 Å². The maximum atomic E-state index is 10.0. The Morgan fingerprint density at radius 2 is 2.46 bits per heavy atom. The van der Waals surface area contributed by atoms with Crippen LogP contribution in [-0.2, 0) is 4.79 Å². The fourth-order valence-electron chi connectivity index (χ4n) is 0.765. The predicted octanol–water partition coefficient (Wildman–Crippen LogP) is -0.911. The predicted molar refractivity (Wildman–Crippen MR) is 53.7 cm³/mol. The minimum atomic E-state index is -0.0227. The maximum absolute atomic E-state index is 10.0. The van der Waals surface area contributed by atoms with Crippen molar-refractivity contribution in [1.82, 2.24) is 10.6 Å². The van der Waals surface area contributed by atoms with Gasteiger partial charge in [-0.05, 0) is 6.92 Å². The van der Waals surface area contributed by atoms with Gasteiger partial charge < -0.3 is 16.4 Å². The third-order valence-corrected chi connectivity index (χ3v) is 1.36. The lowest BCUT2D eigenvalue weighted by Crippen LogP contribution is -2.26. The number of nitrogens with zero attached hydrogens (tertiary/aromatic N) is 1. The molecule has 0 aromatic heterocycles. The van der Waals surface area contributed by atoms with Crippen LogP contribution in [0.25, 0.3) is 0 Å². The lowest BCUT2D eigenvalue weighted by atomic mass is 10.6. The smallest absolute Gasteiger partial charge is 0.216 e. The van der Waals surface area contributed by atoms with E-state index in [0.29, 0.717) is 13.1 Å². The van der Waals surface area contributed by atoms with E-state index in [1.807, 2.05) is 6.92 Å². The molecule has 0 aromatic carbocycles. The Bertz CT molecular complexity index is 179. The van der Waals surface area contributed by atoms with Crippen LogP contribution < -0.4 is 16.4 Å². The van der Waals surface area contributed by atoms with Crippen LogP contribution in [0.1, 0.15) is 13.8 Å². The van der Waals surface area contributed by atoms with Crippen LogP contribution in [0.3, 0.4) is 0 Å². The van der Waals surface area contributed by atoms with E-state index in [0.717, 1.165) is 18.9 Å². The second-order valence-electron chi connectivity index (χ2n) is 2.67. The van der Waals surface area contributed by atoms with Gasteiger partial charge in [-0.3, -0.25) is 9.79 Å². The number of amides is 1. The molecule has 0 atom stereocenters. The average Bonchev–Trinajstić information content (AvgIpc) is 2.53. The maximum Gasteiger partial charge on any atom is 0.216 e. The van der Waals surface area contributed by atoms with Crippen LogP contribution >= 0.6 is 0 Å². The van der Waals surface area contributed by atoms with Crippen molar-refractivity contribution >= 4 is 11.7 Å². The van der Waals surface area contributed by atoms with E-state index in [-0.39, 0.29) is 5.91 Å². The number of hydrogen-bond donors (Lipinski definition) is 3. The van der Waals surface area contributed by atoms with Crippen LogP contribution in [0.4, 0.5) is 0 Å². The van der Waals surface area contributed by atoms with E-state index in [2.05, 4.69) is 15.6 Å². The molecule has 1 rings (SSSR count). The molecule has 0 unspecified atom stereocenters. The van der Waals surface area contributed by atoms with E-state index in [4.69, 9.17) is 5.73 Å². The second kappa shape index (κ2) is 7.54. The van der Waals surface area contributed by atoms with Gasteiger partial charge in [0, 0.05) is 26.6 Å². The van der Waals surface area contributed by atoms with E-state index in [1.54, 1.807) is 0 Å². The molecular formula is C8H18N4O. The first-order valence-corrected chi connectivity index (χ1v) is 4.36. The van der Waals surface area contributed by atoms with E-state index in [1.165, 1.54) is 6.92 Å². The summed E-state index contributed by atoms with van der Waals surface area (Å²) in [5.74, 6) is 1.06. The van der Waals surface area contributed by atoms with Gasteiger partial charge in [0.1, 0.15) is 0 Å². The normalized spacial score (nSPS) is 13.6. The first-order valence-electron chi connectivity index (χ1n) is 4.36. The number of nitrogens with two attached hydrogens (primary N) is 1. The van der Waals surface area contributed by atoms with Gasteiger partial charge in [-0.15, -0.1) is 0 Å². The summed E-state index contributed by atoms with van der Waals surface area (Å²) in [5.41, 5.74) is 5.06. The average molecular weight is 186 g/mol. The van der Waals surface area contributed by atoms with Gasteiger partial charge >= 0.3 is 0 Å². The van der Waals surface area contributed by atoms with Gasteiger partial charge in [-0.2, -0.15) is 0 Å². The summed E-state index contributed by atoms with van der Waals surface area (Å²) in [6.07, 6.45) is 0. The molecule has 0 fully saturated rings. The molecule has 0 radical (unpaired) electrons. The van der Waals surface area contributed by atoms with Gasteiger partial charge in [-0.1, -0.05) is 0 Å². The minimum Gasteiger partial charge on any atom is -0.372 e. The van der Waals surface area contributed by atoms with Gasteiger partial charge in [0.15, 0.2) is 0 Å². The molecule has 1 aliphatic rings. The summed E-state index contributed by atoms with van der Waals surface area (Å²) >= 11 is 0. The van der Waals surface area contributed by atoms with Crippen molar-refractivity contribution < 1.29 is 4.79 Å². The van der Waals surface area contributed by atoms with Crippen LogP contribution in [0.15, 0.2) is 4.99 Å². The van der Waals surface area contributed by atoms with Crippen molar-refractivity contribution in [3.63, 3.8) is 0 Å². The Labute approximate surface area is 78.8 Å². The molecule has 0 bridgehead atoms. The third-order valence-electron chi connectivity index (χ3n) is 1.36. The highest BCUT2D eigenvalue weighted by atomic mass is 16.1. The van der Waals surface area contributed by atoms with E-state index in [9.17, 15) is 4.79 Å². The Balaban J connectivity index is 0.000000223. The highest BCUT2D eigenvalue weighted by Gasteiger charge is 1.93. The Kier molecular flexibility index (Phi) is 6.91. The number of rotatable bonds is 2. The number of hydrogen-bond acceptors (Lipinski definition) is 4. The fraction of sp³-hybridized carbons (Fsp3) is 0.750. The van der Waals surface area contributed by atoms with Crippen molar-refractivity contribution in [2.75, 3.05) is 26.2 Å². The molecule has 4 N–H and O–H groups in total. The fourth-order valence-corrected chi connectivity index (χ4v) is 0.765. The molecule has 1 aliphatic heterocycles. The summed E-state index contributed by atoms with van der Waals surface area (Å²) in [5, 5.41) is 5.60. The molecule has 1 heterocycles. The summed E-state index contributed by atoms with van der Waals surface area (Å²) < 4.78 is 0. The quantitative estimate of drug-likeness (QED) is 0.522. The van der Waals surface area contributed by atoms with Crippen LogP contribution in [0, 0.1) is 0 Å². The highest BCUT2D eigenvalue weighted by molar-refractivity contribution is 5.80. The molecule has 5 heteroatoms. The molecule has 0 spiro atoms. The Morgan fingerprint density at radius 3 is 2.62 bits per heavy atom. The van der Waals surface area contributed by atoms with Crippen molar-refractivity contribution in [3.8, 4) is 0 Å². The summed E-state index contributed by atoms with van der Waals surface area (Å²) in [6.45, 7) is 6.54. The second-order valence-corrected chi connectivity index (χ2v) is 2.67. The largest absolute Gasteiger partial charge is 0.372 e. The lowest BCUT2D eigenvalue weighted by Gasteiger charge is -1.93. The number of carbonyl (C=O) groups excluding carboxylic acids is 1. The van der Waals surface area contributed by atoms with Gasteiger partial charge in [-0.25, -0.2) is 0 Å². The topological polar surface area (TPSA) is 79.5 Å². The molecule has 0 saturated carbocycles. The molecule has 13 heavy (non-hydrogen) atoms. The number of amidine groups is 1.